The fourth-order valence-electron chi connectivity index (χ4n) is 1.72. The zero-order valence-corrected chi connectivity index (χ0v) is 10.6. The lowest BCUT2D eigenvalue weighted by atomic mass is 10.2. The van der Waals surface area contributed by atoms with Gasteiger partial charge < -0.3 is 16.4 Å². The Balaban J connectivity index is 1.86. The number of thiophene rings is 1. The molecular formula is C12H14N4OS. The molecule has 0 saturated heterocycles. The van der Waals surface area contributed by atoms with Gasteiger partial charge in [-0.05, 0) is 25.7 Å². The van der Waals surface area contributed by atoms with E-state index in [4.69, 9.17) is 11.0 Å². The summed E-state index contributed by atoms with van der Waals surface area (Å²) in [5, 5.41) is 16.0. The fourth-order valence-corrected chi connectivity index (χ4v) is 2.77. The summed E-state index contributed by atoms with van der Waals surface area (Å²) in [4.78, 5) is 12.4. The van der Waals surface area contributed by atoms with Gasteiger partial charge in [-0.1, -0.05) is 0 Å². The molecule has 1 heterocycles. The maximum atomic E-state index is 12.0. The van der Waals surface area contributed by atoms with Crippen molar-refractivity contribution >= 4 is 27.9 Å². The Kier molecular flexibility index (Phi) is 2.63. The molecular weight excluding hydrogens is 248 g/mol. The molecule has 0 radical (unpaired) electrons. The summed E-state index contributed by atoms with van der Waals surface area (Å²) in [7, 11) is 0. The van der Waals surface area contributed by atoms with Crippen LogP contribution in [0.4, 0.5) is 10.7 Å². The Morgan fingerprint density at radius 2 is 2.00 bits per heavy atom. The van der Waals surface area contributed by atoms with Gasteiger partial charge in [0, 0.05) is 12.1 Å². The van der Waals surface area contributed by atoms with E-state index in [0.29, 0.717) is 28.2 Å². The Morgan fingerprint density at radius 1 is 1.33 bits per heavy atom. The van der Waals surface area contributed by atoms with E-state index in [1.165, 1.54) is 11.3 Å². The molecule has 1 amide bonds. The number of nitriles is 1. The molecule has 0 unspecified atom stereocenters. The van der Waals surface area contributed by atoms with Crippen molar-refractivity contribution in [2.24, 2.45) is 0 Å². The van der Waals surface area contributed by atoms with Crippen molar-refractivity contribution in [2.75, 3.05) is 11.1 Å². The number of nitrogens with zero attached hydrogens (tertiary/aromatic N) is 1. The number of nitrogens with one attached hydrogen (secondary N) is 2. The average molecular weight is 262 g/mol. The minimum absolute atomic E-state index is 0.152. The number of carbonyl (C=O) groups excluding carboxylic acids is 1. The number of nitrogens with two attached hydrogens (primary N) is 1. The third kappa shape index (κ3) is 2.14. The molecule has 4 N–H and O–H groups in total. The lowest BCUT2D eigenvalue weighted by molar-refractivity contribution is 0.0956. The molecule has 1 aromatic rings. The van der Waals surface area contributed by atoms with Gasteiger partial charge in [-0.25, -0.2) is 0 Å². The molecule has 0 aliphatic heterocycles. The normalized spacial score (nSPS) is 18.2. The monoisotopic (exact) mass is 262 g/mol. The molecule has 0 bridgehead atoms. The molecule has 0 spiro atoms. The predicted molar refractivity (Wildman–Crippen MR) is 70.6 cm³/mol. The Bertz CT molecular complexity index is 537. The zero-order chi connectivity index (χ0) is 12.7. The van der Waals surface area contributed by atoms with E-state index in [1.807, 2.05) is 0 Å². The van der Waals surface area contributed by atoms with E-state index in [0.717, 1.165) is 30.7 Å². The van der Waals surface area contributed by atoms with Crippen LogP contribution >= 0.6 is 11.3 Å². The van der Waals surface area contributed by atoms with Gasteiger partial charge in [-0.2, -0.15) is 5.26 Å². The Morgan fingerprint density at radius 3 is 2.56 bits per heavy atom. The minimum atomic E-state index is -0.152. The molecule has 0 atom stereocenters. The van der Waals surface area contributed by atoms with Crippen LogP contribution in [0.5, 0.6) is 0 Å². The summed E-state index contributed by atoms with van der Waals surface area (Å²) in [5.41, 5.74) is 6.61. The lowest BCUT2D eigenvalue weighted by Crippen LogP contribution is -2.25. The molecule has 0 aromatic carbocycles. The van der Waals surface area contributed by atoms with Crippen LogP contribution in [0, 0.1) is 11.3 Å². The van der Waals surface area contributed by atoms with E-state index >= 15 is 0 Å². The van der Waals surface area contributed by atoms with Crippen LogP contribution in [0.15, 0.2) is 0 Å². The number of hydrogen-bond acceptors (Lipinski definition) is 5. The fraction of sp³-hybridized carbons (Fsp3) is 0.500. The van der Waals surface area contributed by atoms with E-state index in [1.54, 1.807) is 0 Å². The number of hydrogen-bond donors (Lipinski definition) is 3. The molecule has 2 saturated carbocycles. The van der Waals surface area contributed by atoms with Crippen LogP contribution in [0.1, 0.15) is 40.9 Å². The highest BCUT2D eigenvalue weighted by molar-refractivity contribution is 7.19. The van der Waals surface area contributed by atoms with Gasteiger partial charge in [0.15, 0.2) is 0 Å². The largest absolute Gasteiger partial charge is 0.396 e. The zero-order valence-electron chi connectivity index (χ0n) is 9.82. The number of carbonyl (C=O) groups is 1. The van der Waals surface area contributed by atoms with Crippen LogP contribution in [-0.4, -0.2) is 18.0 Å². The van der Waals surface area contributed by atoms with Crippen LogP contribution in [0.3, 0.4) is 0 Å². The average Bonchev–Trinajstić information content (AvgIpc) is 3.22. The van der Waals surface area contributed by atoms with Crippen LogP contribution in [0.2, 0.25) is 0 Å². The predicted octanol–water partition coefficient (Wildman–Crippen LogP) is 1.67. The van der Waals surface area contributed by atoms with Crippen molar-refractivity contribution < 1.29 is 4.79 Å². The quantitative estimate of drug-likeness (QED) is 0.769. The van der Waals surface area contributed by atoms with E-state index < -0.39 is 0 Å². The lowest BCUT2D eigenvalue weighted by Gasteiger charge is -2.00. The van der Waals surface area contributed by atoms with Gasteiger partial charge >= 0.3 is 0 Å². The maximum absolute atomic E-state index is 12.0. The highest BCUT2D eigenvalue weighted by Crippen LogP contribution is 2.38. The molecule has 2 fully saturated rings. The van der Waals surface area contributed by atoms with E-state index in [2.05, 4.69) is 16.7 Å². The summed E-state index contributed by atoms with van der Waals surface area (Å²) in [5.74, 6) is -0.152. The molecule has 1 aromatic heterocycles. The molecule has 2 aliphatic carbocycles. The summed E-state index contributed by atoms with van der Waals surface area (Å²) < 4.78 is 0. The third-order valence-corrected chi connectivity index (χ3v) is 4.22. The topological polar surface area (TPSA) is 90.9 Å². The highest BCUT2D eigenvalue weighted by atomic mass is 32.1. The molecule has 6 heteroatoms. The highest BCUT2D eigenvalue weighted by Gasteiger charge is 2.29. The molecule has 2 aliphatic rings. The number of amides is 1. The first kappa shape index (κ1) is 11.4. The van der Waals surface area contributed by atoms with Crippen LogP contribution in [0.25, 0.3) is 0 Å². The number of anilines is 2. The summed E-state index contributed by atoms with van der Waals surface area (Å²) in [6.07, 6.45) is 4.31. The van der Waals surface area contributed by atoms with Gasteiger partial charge in [0.25, 0.3) is 5.91 Å². The second-order valence-electron chi connectivity index (χ2n) is 4.83. The summed E-state index contributed by atoms with van der Waals surface area (Å²) in [6.45, 7) is 0. The van der Waals surface area contributed by atoms with E-state index in [-0.39, 0.29) is 5.91 Å². The van der Waals surface area contributed by atoms with Crippen LogP contribution in [-0.2, 0) is 0 Å². The van der Waals surface area contributed by atoms with E-state index in [9.17, 15) is 4.79 Å². The maximum Gasteiger partial charge on any atom is 0.263 e. The van der Waals surface area contributed by atoms with Crippen molar-refractivity contribution in [1.82, 2.24) is 5.32 Å². The first-order valence-corrected chi connectivity index (χ1v) is 6.90. The van der Waals surface area contributed by atoms with Crippen molar-refractivity contribution in [1.29, 1.82) is 5.26 Å². The summed E-state index contributed by atoms with van der Waals surface area (Å²) in [6, 6.07) is 2.82. The molecule has 5 nitrogen and oxygen atoms in total. The van der Waals surface area contributed by atoms with Crippen molar-refractivity contribution in [2.45, 2.75) is 37.8 Å². The Hall–Kier alpha value is -1.74. The first-order valence-electron chi connectivity index (χ1n) is 6.08. The molecule has 18 heavy (non-hydrogen) atoms. The number of rotatable bonds is 4. The summed E-state index contributed by atoms with van der Waals surface area (Å²) >= 11 is 1.29. The standard InChI is InChI=1S/C12H14N4OS/c13-5-8-9(14)10(11(17)15-6-1-2-6)18-12(8)16-7-3-4-7/h6-7,16H,1-4,14H2,(H,15,17). The van der Waals surface area contributed by atoms with Crippen molar-refractivity contribution in [3.05, 3.63) is 10.4 Å². The van der Waals surface area contributed by atoms with Gasteiger partial charge in [0.1, 0.15) is 21.5 Å². The SMILES string of the molecule is N#Cc1c(NC2CC2)sc(C(=O)NC2CC2)c1N. The number of nitrogen functional groups attached to an aromatic ring is 1. The van der Waals surface area contributed by atoms with Crippen molar-refractivity contribution in [3.63, 3.8) is 0 Å². The first-order chi connectivity index (χ1) is 8.69. The Labute approximate surface area is 109 Å². The smallest absolute Gasteiger partial charge is 0.263 e. The second-order valence-corrected chi connectivity index (χ2v) is 5.85. The van der Waals surface area contributed by atoms with Gasteiger partial charge in [0.05, 0.1) is 5.69 Å². The van der Waals surface area contributed by atoms with Crippen molar-refractivity contribution in [3.8, 4) is 6.07 Å². The second kappa shape index (κ2) is 4.18. The molecule has 3 rings (SSSR count). The minimum Gasteiger partial charge on any atom is -0.396 e. The molecule has 94 valence electrons. The van der Waals surface area contributed by atoms with Gasteiger partial charge in [-0.15, -0.1) is 11.3 Å². The van der Waals surface area contributed by atoms with Gasteiger partial charge in [-0.3, -0.25) is 4.79 Å². The third-order valence-electron chi connectivity index (χ3n) is 3.09. The van der Waals surface area contributed by atoms with Crippen LogP contribution < -0.4 is 16.4 Å². The van der Waals surface area contributed by atoms with Gasteiger partial charge in [0.2, 0.25) is 0 Å².